The van der Waals surface area contributed by atoms with Gasteiger partial charge in [-0.3, -0.25) is 0 Å². The zero-order valence-electron chi connectivity index (χ0n) is 6.70. The molecule has 0 fully saturated rings. The van der Waals surface area contributed by atoms with Crippen molar-refractivity contribution in [2.45, 2.75) is 32.1 Å². The SMILES string of the molecule is Brc1sc2c(c1Br)CCCCC2. The summed E-state index contributed by atoms with van der Waals surface area (Å²) in [5.41, 5.74) is 1.56. The Bertz CT molecular complexity index is 291. The maximum absolute atomic E-state index is 3.63. The van der Waals surface area contributed by atoms with Crippen molar-refractivity contribution in [2.24, 2.45) is 0 Å². The number of fused-ring (bicyclic) bond motifs is 1. The third kappa shape index (κ3) is 1.64. The van der Waals surface area contributed by atoms with E-state index in [-0.39, 0.29) is 0 Å². The first kappa shape index (κ1) is 9.22. The van der Waals surface area contributed by atoms with Crippen molar-refractivity contribution >= 4 is 43.2 Å². The minimum absolute atomic E-state index is 1.26. The molecule has 0 unspecified atom stereocenters. The van der Waals surface area contributed by atoms with Gasteiger partial charge in [0, 0.05) is 9.35 Å². The molecule has 1 aliphatic rings. The smallest absolute Gasteiger partial charge is 0.0846 e. The first-order chi connectivity index (χ1) is 5.79. The van der Waals surface area contributed by atoms with E-state index in [1.54, 1.807) is 10.4 Å². The molecule has 0 spiro atoms. The number of rotatable bonds is 0. The molecule has 0 aliphatic heterocycles. The van der Waals surface area contributed by atoms with Gasteiger partial charge < -0.3 is 0 Å². The van der Waals surface area contributed by atoms with Crippen molar-refractivity contribution in [3.8, 4) is 0 Å². The lowest BCUT2D eigenvalue weighted by Gasteiger charge is -1.96. The summed E-state index contributed by atoms with van der Waals surface area (Å²) in [4.78, 5) is 1.59. The first-order valence-corrected chi connectivity index (χ1v) is 6.65. The van der Waals surface area contributed by atoms with Crippen LogP contribution in [0.1, 0.15) is 29.7 Å². The molecule has 1 heterocycles. The van der Waals surface area contributed by atoms with Gasteiger partial charge in [-0.05, 0) is 63.1 Å². The van der Waals surface area contributed by atoms with E-state index in [4.69, 9.17) is 0 Å². The van der Waals surface area contributed by atoms with Crippen LogP contribution in [-0.2, 0) is 12.8 Å². The number of hydrogen-bond donors (Lipinski definition) is 0. The quantitative estimate of drug-likeness (QED) is 0.617. The zero-order chi connectivity index (χ0) is 8.55. The summed E-state index contributed by atoms with van der Waals surface area (Å²) in [6, 6.07) is 0. The Hall–Kier alpha value is 0.660. The number of aryl methyl sites for hydroxylation is 1. The zero-order valence-corrected chi connectivity index (χ0v) is 10.7. The monoisotopic (exact) mass is 308 g/mol. The molecule has 0 amide bonds. The van der Waals surface area contributed by atoms with Gasteiger partial charge in [0.15, 0.2) is 0 Å². The van der Waals surface area contributed by atoms with Crippen LogP contribution in [0.4, 0.5) is 0 Å². The van der Waals surface area contributed by atoms with Crippen LogP contribution >= 0.6 is 43.2 Å². The van der Waals surface area contributed by atoms with Gasteiger partial charge in [-0.1, -0.05) is 6.42 Å². The molecule has 1 aliphatic carbocycles. The van der Waals surface area contributed by atoms with E-state index in [1.807, 2.05) is 11.3 Å². The molecule has 1 aromatic rings. The highest BCUT2D eigenvalue weighted by molar-refractivity contribution is 9.13. The fourth-order valence-electron chi connectivity index (χ4n) is 1.67. The lowest BCUT2D eigenvalue weighted by molar-refractivity contribution is 0.712. The van der Waals surface area contributed by atoms with E-state index in [9.17, 15) is 0 Å². The predicted octanol–water partition coefficient (Wildman–Crippen LogP) is 4.54. The summed E-state index contributed by atoms with van der Waals surface area (Å²) in [6.07, 6.45) is 6.66. The van der Waals surface area contributed by atoms with Crippen molar-refractivity contribution in [3.63, 3.8) is 0 Å². The predicted molar refractivity (Wildman–Crippen MR) is 61.0 cm³/mol. The van der Waals surface area contributed by atoms with E-state index in [0.29, 0.717) is 0 Å². The summed E-state index contributed by atoms with van der Waals surface area (Å²) in [5.74, 6) is 0. The molecule has 12 heavy (non-hydrogen) atoms. The third-order valence-corrected chi connectivity index (χ3v) is 5.95. The lowest BCUT2D eigenvalue weighted by atomic mass is 10.1. The Morgan fingerprint density at radius 3 is 2.58 bits per heavy atom. The molecule has 0 saturated heterocycles. The Kier molecular flexibility index (Phi) is 2.93. The summed E-state index contributed by atoms with van der Waals surface area (Å²) >= 11 is 9.11. The highest BCUT2D eigenvalue weighted by Crippen LogP contribution is 2.40. The molecular formula is C9H10Br2S. The highest BCUT2D eigenvalue weighted by Gasteiger charge is 2.16. The van der Waals surface area contributed by atoms with Crippen LogP contribution < -0.4 is 0 Å². The van der Waals surface area contributed by atoms with Crippen LogP contribution in [0.2, 0.25) is 0 Å². The average Bonchev–Trinajstić information content (AvgIpc) is 2.30. The van der Waals surface area contributed by atoms with E-state index < -0.39 is 0 Å². The molecule has 0 aromatic carbocycles. The van der Waals surface area contributed by atoms with Gasteiger partial charge in [0.2, 0.25) is 0 Å². The van der Waals surface area contributed by atoms with E-state index >= 15 is 0 Å². The number of thiophene rings is 1. The average molecular weight is 310 g/mol. The summed E-state index contributed by atoms with van der Waals surface area (Å²) in [7, 11) is 0. The Balaban J connectivity index is 2.42. The summed E-state index contributed by atoms with van der Waals surface area (Å²) in [5, 5.41) is 0. The minimum Gasteiger partial charge on any atom is -0.132 e. The van der Waals surface area contributed by atoms with E-state index in [0.717, 1.165) is 0 Å². The van der Waals surface area contributed by atoms with Crippen molar-refractivity contribution < 1.29 is 0 Å². The van der Waals surface area contributed by atoms with Gasteiger partial charge in [0.05, 0.1) is 3.79 Å². The molecule has 0 atom stereocenters. The first-order valence-electron chi connectivity index (χ1n) is 4.24. The van der Waals surface area contributed by atoms with Crippen LogP contribution in [0.15, 0.2) is 8.26 Å². The summed E-state index contributed by atoms with van der Waals surface area (Å²) < 4.78 is 2.58. The van der Waals surface area contributed by atoms with Crippen molar-refractivity contribution in [3.05, 3.63) is 18.7 Å². The molecule has 0 saturated carbocycles. The van der Waals surface area contributed by atoms with Crippen LogP contribution in [0.25, 0.3) is 0 Å². The second-order valence-corrected chi connectivity index (χ2v) is 6.37. The third-order valence-electron chi connectivity index (χ3n) is 2.32. The van der Waals surface area contributed by atoms with Gasteiger partial charge >= 0.3 is 0 Å². The number of hydrogen-bond acceptors (Lipinski definition) is 1. The summed E-state index contributed by atoms with van der Waals surface area (Å²) in [6.45, 7) is 0. The normalized spacial score (nSPS) is 17.2. The molecule has 1 aromatic heterocycles. The lowest BCUT2D eigenvalue weighted by Crippen LogP contribution is -1.83. The fourth-order valence-corrected chi connectivity index (χ4v) is 4.31. The molecular weight excluding hydrogens is 300 g/mol. The van der Waals surface area contributed by atoms with Crippen LogP contribution in [0.5, 0.6) is 0 Å². The maximum atomic E-state index is 3.63. The standard InChI is InChI=1S/C9H10Br2S/c10-8-6-4-2-1-3-5-7(6)12-9(8)11/h1-5H2. The van der Waals surface area contributed by atoms with Gasteiger partial charge in [0.1, 0.15) is 0 Å². The molecule has 3 heteroatoms. The second kappa shape index (κ2) is 3.81. The second-order valence-electron chi connectivity index (χ2n) is 3.15. The van der Waals surface area contributed by atoms with Gasteiger partial charge in [0.25, 0.3) is 0 Å². The Morgan fingerprint density at radius 1 is 1.00 bits per heavy atom. The van der Waals surface area contributed by atoms with E-state index in [2.05, 4.69) is 31.9 Å². The van der Waals surface area contributed by atoms with Crippen molar-refractivity contribution in [1.82, 2.24) is 0 Å². The van der Waals surface area contributed by atoms with Crippen LogP contribution in [0.3, 0.4) is 0 Å². The highest BCUT2D eigenvalue weighted by atomic mass is 79.9. The number of halogens is 2. The molecule has 0 radical (unpaired) electrons. The molecule has 0 bridgehead atoms. The van der Waals surface area contributed by atoms with Gasteiger partial charge in [-0.2, -0.15) is 0 Å². The topological polar surface area (TPSA) is 0 Å². The molecule has 66 valence electrons. The van der Waals surface area contributed by atoms with E-state index in [1.165, 1.54) is 40.4 Å². The van der Waals surface area contributed by atoms with Crippen molar-refractivity contribution in [1.29, 1.82) is 0 Å². The van der Waals surface area contributed by atoms with Gasteiger partial charge in [-0.15, -0.1) is 11.3 Å². The maximum Gasteiger partial charge on any atom is 0.0846 e. The van der Waals surface area contributed by atoms with Crippen LogP contribution in [0, 0.1) is 0 Å². The molecule has 2 rings (SSSR count). The fraction of sp³-hybridized carbons (Fsp3) is 0.556. The molecule has 0 nitrogen and oxygen atoms in total. The molecule has 0 N–H and O–H groups in total. The van der Waals surface area contributed by atoms with Gasteiger partial charge in [-0.25, -0.2) is 0 Å². The minimum atomic E-state index is 1.26. The van der Waals surface area contributed by atoms with Crippen molar-refractivity contribution in [2.75, 3.05) is 0 Å². The van der Waals surface area contributed by atoms with Crippen LogP contribution in [-0.4, -0.2) is 0 Å². The Morgan fingerprint density at radius 2 is 1.75 bits per heavy atom. The Labute approximate surface area is 93.6 Å². The largest absolute Gasteiger partial charge is 0.132 e.